The number of fused-ring (bicyclic) bond motifs is 1. The number of aromatic hydroxyl groups is 1. The molecule has 1 amide bonds. The van der Waals surface area contributed by atoms with Crippen LogP contribution in [0.3, 0.4) is 0 Å². The molecule has 1 aromatic carbocycles. The van der Waals surface area contributed by atoms with Gasteiger partial charge in [-0.15, -0.1) is 0 Å². The predicted molar refractivity (Wildman–Crippen MR) is 100 cm³/mol. The fourth-order valence-corrected chi connectivity index (χ4v) is 3.38. The average Bonchev–Trinajstić information content (AvgIpc) is 3.01. The van der Waals surface area contributed by atoms with E-state index in [2.05, 4.69) is 5.32 Å². The van der Waals surface area contributed by atoms with Crippen molar-refractivity contribution in [2.24, 2.45) is 0 Å². The van der Waals surface area contributed by atoms with Gasteiger partial charge in [0.05, 0.1) is 7.11 Å². The maximum absolute atomic E-state index is 11.9. The van der Waals surface area contributed by atoms with Crippen molar-refractivity contribution in [1.29, 1.82) is 0 Å². The molecule has 0 saturated carbocycles. The number of phenolic OH excluding ortho intramolecular Hbond substituents is 1. The molecule has 0 aliphatic carbocycles. The van der Waals surface area contributed by atoms with Gasteiger partial charge in [-0.25, -0.2) is 4.79 Å². The zero-order valence-electron chi connectivity index (χ0n) is 15.9. The smallest absolute Gasteiger partial charge is 0.344 e. The molecule has 2 rings (SSSR count). The van der Waals surface area contributed by atoms with E-state index in [9.17, 15) is 19.3 Å². The highest BCUT2D eigenvalue weighted by Gasteiger charge is 2.31. The third-order valence-corrected chi connectivity index (χ3v) is 5.10. The van der Waals surface area contributed by atoms with E-state index in [-0.39, 0.29) is 30.8 Å². The van der Waals surface area contributed by atoms with Crippen LogP contribution < -0.4 is 10.1 Å². The Bertz CT molecular complexity index is 871. The van der Waals surface area contributed by atoms with Crippen LogP contribution in [0.1, 0.15) is 46.8 Å². The number of allylic oxidation sites excluding steroid dienone is 2. The van der Waals surface area contributed by atoms with Crippen LogP contribution in [0.5, 0.6) is 11.5 Å². The molecule has 1 heterocycles. The number of rotatable bonds is 8. The molecular weight excluding hydrogens is 389 g/mol. The Balaban J connectivity index is 2.10. The third kappa shape index (κ3) is 5.13. The van der Waals surface area contributed by atoms with Crippen molar-refractivity contribution < 1.29 is 38.5 Å². The molecular formula is C18H24NO8P. The maximum Gasteiger partial charge on any atom is 0.344 e. The Morgan fingerprint density at radius 1 is 1.36 bits per heavy atom. The number of carbonyl (C=O) groups excluding carboxylic acids is 2. The number of hydrogen-bond acceptors (Lipinski definition) is 6. The Morgan fingerprint density at radius 3 is 2.64 bits per heavy atom. The molecule has 0 radical (unpaired) electrons. The topological polar surface area (TPSA) is 142 Å². The van der Waals surface area contributed by atoms with Crippen molar-refractivity contribution in [3.8, 4) is 11.5 Å². The Kier molecular flexibility index (Phi) is 6.87. The van der Waals surface area contributed by atoms with Crippen molar-refractivity contribution >= 4 is 19.5 Å². The SMILES string of the molecule is COc1c(C)c2c(c(O)c1C/C=C(\C)CCC(=O)NCP(=O)(O)O)C(=O)OC2. The first-order chi connectivity index (χ1) is 13.0. The number of cyclic esters (lactones) is 1. The van der Waals surface area contributed by atoms with Crippen LogP contribution in [0, 0.1) is 6.92 Å². The van der Waals surface area contributed by atoms with Crippen molar-refractivity contribution in [3.05, 3.63) is 33.9 Å². The summed E-state index contributed by atoms with van der Waals surface area (Å²) in [6.07, 6.45) is 1.85. The first-order valence-electron chi connectivity index (χ1n) is 8.60. The molecule has 154 valence electrons. The lowest BCUT2D eigenvalue weighted by molar-refractivity contribution is -0.120. The first-order valence-corrected chi connectivity index (χ1v) is 10.4. The quantitative estimate of drug-likeness (QED) is 0.288. The van der Waals surface area contributed by atoms with Crippen LogP contribution in [0.25, 0.3) is 0 Å². The maximum atomic E-state index is 11.9. The Labute approximate surface area is 162 Å². The minimum absolute atomic E-state index is 0.0704. The number of hydrogen-bond donors (Lipinski definition) is 4. The summed E-state index contributed by atoms with van der Waals surface area (Å²) in [5.74, 6) is -0.712. The van der Waals surface area contributed by atoms with Crippen molar-refractivity contribution in [2.45, 2.75) is 39.7 Å². The number of nitrogens with one attached hydrogen (secondary N) is 1. The predicted octanol–water partition coefficient (Wildman–Crippen LogP) is 1.90. The summed E-state index contributed by atoms with van der Waals surface area (Å²) in [5.41, 5.74) is 2.82. The van der Waals surface area contributed by atoms with E-state index in [1.54, 1.807) is 19.9 Å². The van der Waals surface area contributed by atoms with E-state index in [1.165, 1.54) is 7.11 Å². The standard InChI is InChI=1S/C18H24NO8P/c1-10(5-7-14(20)19-9-28(23,24)25)4-6-12-16(21)15-13(8-27-18(15)22)11(2)17(12)26-3/h4,21H,5-9H2,1-3H3,(H,19,20)(H2,23,24,25)/b10-4+. The van der Waals surface area contributed by atoms with Crippen LogP contribution in [0.15, 0.2) is 11.6 Å². The second kappa shape index (κ2) is 8.77. The number of benzene rings is 1. The summed E-state index contributed by atoms with van der Waals surface area (Å²) < 4.78 is 21.2. The molecule has 1 aromatic rings. The second-order valence-electron chi connectivity index (χ2n) is 6.59. The summed E-state index contributed by atoms with van der Waals surface area (Å²) in [6.45, 7) is 3.70. The molecule has 0 atom stereocenters. The van der Waals surface area contributed by atoms with Gasteiger partial charge in [0, 0.05) is 17.5 Å². The molecule has 0 saturated heterocycles. The van der Waals surface area contributed by atoms with Crippen LogP contribution in [0.2, 0.25) is 0 Å². The summed E-state index contributed by atoms with van der Waals surface area (Å²) in [4.78, 5) is 41.0. The lowest BCUT2D eigenvalue weighted by Crippen LogP contribution is -2.24. The van der Waals surface area contributed by atoms with Gasteiger partial charge in [-0.05, 0) is 32.3 Å². The second-order valence-corrected chi connectivity index (χ2v) is 8.24. The first kappa shape index (κ1) is 21.9. The Hall–Kier alpha value is -2.35. The molecule has 9 nitrogen and oxygen atoms in total. The van der Waals surface area contributed by atoms with E-state index in [4.69, 9.17) is 19.3 Å². The lowest BCUT2D eigenvalue weighted by atomic mass is 9.94. The average molecular weight is 413 g/mol. The summed E-state index contributed by atoms with van der Waals surface area (Å²) in [6, 6.07) is 0. The molecule has 10 heteroatoms. The third-order valence-electron chi connectivity index (χ3n) is 4.53. The number of esters is 1. The van der Waals surface area contributed by atoms with Gasteiger partial charge in [-0.3, -0.25) is 9.36 Å². The zero-order chi connectivity index (χ0) is 21.1. The molecule has 0 spiro atoms. The van der Waals surface area contributed by atoms with Gasteiger partial charge in [0.2, 0.25) is 5.91 Å². The summed E-state index contributed by atoms with van der Waals surface area (Å²) >= 11 is 0. The molecule has 4 N–H and O–H groups in total. The molecule has 0 fully saturated rings. The molecule has 28 heavy (non-hydrogen) atoms. The Morgan fingerprint density at radius 2 is 2.04 bits per heavy atom. The van der Waals surface area contributed by atoms with E-state index in [0.717, 1.165) is 11.1 Å². The van der Waals surface area contributed by atoms with E-state index in [1.807, 2.05) is 0 Å². The lowest BCUT2D eigenvalue weighted by Gasteiger charge is -2.15. The number of amides is 1. The van der Waals surface area contributed by atoms with Crippen LogP contribution >= 0.6 is 7.60 Å². The fourth-order valence-electron chi connectivity index (χ4n) is 3.00. The number of methoxy groups -OCH3 is 1. The zero-order valence-corrected chi connectivity index (χ0v) is 16.8. The number of ether oxygens (including phenoxy) is 2. The van der Waals surface area contributed by atoms with Crippen LogP contribution in [-0.4, -0.2) is 40.2 Å². The molecule has 0 unspecified atom stereocenters. The number of carbonyl (C=O) groups is 2. The minimum atomic E-state index is -4.28. The van der Waals surface area contributed by atoms with E-state index in [0.29, 0.717) is 23.3 Å². The molecule has 0 bridgehead atoms. The van der Waals surface area contributed by atoms with Gasteiger partial charge in [0.1, 0.15) is 30.0 Å². The van der Waals surface area contributed by atoms with Gasteiger partial charge < -0.3 is 29.7 Å². The molecule has 0 aromatic heterocycles. The van der Waals surface area contributed by atoms with E-state index >= 15 is 0 Å². The van der Waals surface area contributed by atoms with Crippen LogP contribution in [-0.2, 0) is 27.1 Å². The van der Waals surface area contributed by atoms with Gasteiger partial charge in [-0.1, -0.05) is 11.6 Å². The molecule has 1 aliphatic rings. The normalized spacial score (nSPS) is 13.9. The number of phenols is 1. The van der Waals surface area contributed by atoms with Crippen molar-refractivity contribution in [3.63, 3.8) is 0 Å². The summed E-state index contributed by atoms with van der Waals surface area (Å²) in [7, 11) is -2.79. The van der Waals surface area contributed by atoms with E-state index < -0.39 is 25.8 Å². The largest absolute Gasteiger partial charge is 0.507 e. The van der Waals surface area contributed by atoms with Crippen molar-refractivity contribution in [2.75, 3.05) is 13.4 Å². The van der Waals surface area contributed by atoms with Gasteiger partial charge >= 0.3 is 13.6 Å². The highest BCUT2D eigenvalue weighted by molar-refractivity contribution is 7.51. The fraction of sp³-hybridized carbons (Fsp3) is 0.444. The van der Waals surface area contributed by atoms with Crippen LogP contribution in [0.4, 0.5) is 0 Å². The highest BCUT2D eigenvalue weighted by Crippen LogP contribution is 2.42. The van der Waals surface area contributed by atoms with Gasteiger partial charge in [0.25, 0.3) is 0 Å². The monoisotopic (exact) mass is 413 g/mol. The minimum Gasteiger partial charge on any atom is -0.507 e. The van der Waals surface area contributed by atoms with Crippen molar-refractivity contribution in [1.82, 2.24) is 5.32 Å². The molecule has 1 aliphatic heterocycles. The summed E-state index contributed by atoms with van der Waals surface area (Å²) in [5, 5.41) is 12.7. The highest BCUT2D eigenvalue weighted by atomic mass is 31.2. The van der Waals surface area contributed by atoms with Gasteiger partial charge in [0.15, 0.2) is 0 Å². The van der Waals surface area contributed by atoms with Gasteiger partial charge in [-0.2, -0.15) is 0 Å².